The summed E-state index contributed by atoms with van der Waals surface area (Å²) in [5, 5.41) is 11.6. The van der Waals surface area contributed by atoms with Crippen molar-refractivity contribution >= 4 is 63.8 Å². The Balaban J connectivity index is 1.82. The number of hydrogen-bond donors (Lipinski definition) is 2. The molecule has 1 aliphatic rings. The molecule has 2 amide bonds. The summed E-state index contributed by atoms with van der Waals surface area (Å²) in [7, 11) is 1.70. The van der Waals surface area contributed by atoms with E-state index in [4.69, 9.17) is 40.5 Å². The number of likely N-dealkylation sites (N-methyl/N-ethyl adjacent to an activating group) is 1. The van der Waals surface area contributed by atoms with E-state index in [1.807, 2.05) is 6.07 Å². The molecule has 0 spiro atoms. The minimum absolute atomic E-state index is 0.109. The van der Waals surface area contributed by atoms with Crippen LogP contribution in [0, 0.1) is 0 Å². The second-order valence-electron chi connectivity index (χ2n) is 9.07. The molecule has 2 atom stereocenters. The van der Waals surface area contributed by atoms with Gasteiger partial charge in [-0.25, -0.2) is 0 Å². The third-order valence-corrected chi connectivity index (χ3v) is 7.23. The number of nitrogens with two attached hydrogens (primary N) is 1. The SMILES string of the molecule is CC(=O)C(N)CN=[N+]=NC(=O)c1ccc(Cl)cc1N(C)C1(Cc2cccc(Cl)c2)C(=O)Nc2cc(Cl)ccc21. The molecule has 0 fully saturated rings. The molecular formula is C27H24Cl3N6O3+. The summed E-state index contributed by atoms with van der Waals surface area (Å²) >= 11 is 18.8. The van der Waals surface area contributed by atoms with E-state index in [2.05, 4.69) is 20.5 Å². The van der Waals surface area contributed by atoms with Gasteiger partial charge in [-0.05, 0) is 55.0 Å². The standard InChI is InChI=1S/C27H23Cl3N6O3/c1-15(37)22(31)14-32-35-34-25(38)20-8-6-19(30)12-24(20)36(2)27(13-16-4-3-5-17(28)10-16)21-9-7-18(29)11-23(21)33-26(27)39/h3-12,22H,13-14,31H2,1-2H3/p+1. The molecule has 0 bridgehead atoms. The lowest BCUT2D eigenvalue weighted by molar-refractivity contribution is -0.121. The first-order valence-corrected chi connectivity index (χ1v) is 12.9. The van der Waals surface area contributed by atoms with Gasteiger partial charge >= 0.3 is 5.91 Å². The molecule has 0 aliphatic carbocycles. The number of carbonyl (C=O) groups is 3. The van der Waals surface area contributed by atoms with Crippen LogP contribution in [0.25, 0.3) is 0 Å². The van der Waals surface area contributed by atoms with Gasteiger partial charge in [-0.3, -0.25) is 14.4 Å². The number of nitrogens with zero attached hydrogens (tertiary/aromatic N) is 4. The zero-order chi connectivity index (χ0) is 28.3. The van der Waals surface area contributed by atoms with Gasteiger partial charge in [0.15, 0.2) is 5.54 Å². The number of fused-ring (bicyclic) bond motifs is 1. The number of carbonyl (C=O) groups excluding carboxylic acids is 3. The molecule has 0 radical (unpaired) electrons. The van der Waals surface area contributed by atoms with Gasteiger partial charge in [-0.2, -0.15) is 0 Å². The number of nitrogens with one attached hydrogen (secondary N) is 1. The fourth-order valence-electron chi connectivity index (χ4n) is 4.45. The molecule has 200 valence electrons. The number of rotatable bonds is 8. The van der Waals surface area contributed by atoms with Crippen molar-refractivity contribution in [3.8, 4) is 0 Å². The van der Waals surface area contributed by atoms with E-state index < -0.39 is 17.5 Å². The van der Waals surface area contributed by atoms with Gasteiger partial charge in [0.2, 0.25) is 10.0 Å². The zero-order valence-corrected chi connectivity index (χ0v) is 23.3. The average Bonchev–Trinajstić information content (AvgIpc) is 3.16. The number of halogens is 3. The highest BCUT2D eigenvalue weighted by molar-refractivity contribution is 6.32. The van der Waals surface area contributed by atoms with E-state index in [-0.39, 0.29) is 30.2 Å². The monoisotopic (exact) mass is 585 g/mol. The van der Waals surface area contributed by atoms with Gasteiger partial charge in [0.25, 0.3) is 5.91 Å². The van der Waals surface area contributed by atoms with Gasteiger partial charge in [0, 0.05) is 39.8 Å². The van der Waals surface area contributed by atoms with E-state index in [1.54, 1.807) is 54.4 Å². The quantitative estimate of drug-likeness (QED) is 0.277. The van der Waals surface area contributed by atoms with Crippen molar-refractivity contribution in [3.63, 3.8) is 0 Å². The third kappa shape index (κ3) is 5.88. The molecule has 0 saturated carbocycles. The Labute approximate surface area is 239 Å². The van der Waals surface area contributed by atoms with E-state index >= 15 is 0 Å². The van der Waals surface area contributed by atoms with Crippen LogP contribution in [-0.2, 0) is 21.5 Å². The normalized spacial score (nSPS) is 16.5. The molecule has 3 aromatic carbocycles. The number of ketones is 1. The minimum atomic E-state index is -1.31. The summed E-state index contributed by atoms with van der Waals surface area (Å²) < 4.78 is 0. The van der Waals surface area contributed by atoms with Crippen LogP contribution in [0.1, 0.15) is 28.4 Å². The number of anilines is 2. The fourth-order valence-corrected chi connectivity index (χ4v) is 5.00. The van der Waals surface area contributed by atoms with Crippen LogP contribution in [0.4, 0.5) is 11.4 Å². The van der Waals surface area contributed by atoms with Crippen molar-refractivity contribution in [2.45, 2.75) is 24.9 Å². The Bertz CT molecular complexity index is 1540. The van der Waals surface area contributed by atoms with Crippen LogP contribution in [0.2, 0.25) is 15.1 Å². The van der Waals surface area contributed by atoms with E-state index in [1.165, 1.54) is 19.1 Å². The minimum Gasteiger partial charge on any atom is -0.356 e. The van der Waals surface area contributed by atoms with Crippen LogP contribution >= 0.6 is 34.8 Å². The molecule has 3 N–H and O–H groups in total. The summed E-state index contributed by atoms with van der Waals surface area (Å²) in [6, 6.07) is 16.1. The molecule has 4 rings (SSSR count). The van der Waals surface area contributed by atoms with Crippen molar-refractivity contribution in [1.29, 1.82) is 0 Å². The van der Waals surface area contributed by atoms with Gasteiger partial charge < -0.3 is 16.0 Å². The summed E-state index contributed by atoms with van der Waals surface area (Å²) in [5.41, 5.74) is 6.81. The summed E-state index contributed by atoms with van der Waals surface area (Å²) in [6.07, 6.45) is 0.213. The smallest absolute Gasteiger partial charge is 0.356 e. The average molecular weight is 587 g/mol. The first-order chi connectivity index (χ1) is 18.5. The molecule has 0 aromatic heterocycles. The first kappa shape index (κ1) is 28.4. The van der Waals surface area contributed by atoms with Crippen molar-refractivity contribution in [3.05, 3.63) is 92.4 Å². The Kier molecular flexibility index (Phi) is 8.49. The number of amides is 2. The van der Waals surface area contributed by atoms with Crippen LogP contribution in [-0.4, -0.2) is 37.2 Å². The molecule has 9 nitrogen and oxygen atoms in total. The highest BCUT2D eigenvalue weighted by Crippen LogP contribution is 2.46. The zero-order valence-electron chi connectivity index (χ0n) is 21.0. The summed E-state index contributed by atoms with van der Waals surface area (Å²) in [6.45, 7) is 1.23. The van der Waals surface area contributed by atoms with Crippen molar-refractivity contribution in [2.24, 2.45) is 16.0 Å². The van der Waals surface area contributed by atoms with Gasteiger partial charge in [0.05, 0.1) is 17.3 Å². The predicted octanol–water partition coefficient (Wildman–Crippen LogP) is 5.20. The first-order valence-electron chi connectivity index (χ1n) is 11.8. The van der Waals surface area contributed by atoms with Gasteiger partial charge in [0.1, 0.15) is 17.4 Å². The molecule has 0 saturated heterocycles. The maximum Gasteiger partial charge on any atom is 0.362 e. The summed E-state index contributed by atoms with van der Waals surface area (Å²) in [4.78, 5) is 43.5. The molecule has 39 heavy (non-hydrogen) atoms. The van der Waals surface area contributed by atoms with Crippen LogP contribution < -0.4 is 20.9 Å². The fraction of sp³-hybridized carbons (Fsp3) is 0.222. The number of hydrogen-bond acceptors (Lipinski definition) is 6. The molecule has 1 heterocycles. The van der Waals surface area contributed by atoms with Crippen molar-refractivity contribution in [1.82, 2.24) is 4.91 Å². The largest absolute Gasteiger partial charge is 0.362 e. The Morgan fingerprint density at radius 3 is 2.46 bits per heavy atom. The molecular weight excluding hydrogens is 563 g/mol. The molecule has 2 unspecified atom stereocenters. The number of benzene rings is 3. The van der Waals surface area contributed by atoms with Gasteiger partial charge in [-0.15, -0.1) is 0 Å². The maximum absolute atomic E-state index is 13.8. The topological polar surface area (TPSA) is 131 Å². The second-order valence-corrected chi connectivity index (χ2v) is 10.4. The molecule has 12 heteroatoms. The lowest BCUT2D eigenvalue weighted by Gasteiger charge is -2.39. The second kappa shape index (κ2) is 11.7. The highest BCUT2D eigenvalue weighted by atomic mass is 35.5. The van der Waals surface area contributed by atoms with Crippen LogP contribution in [0.3, 0.4) is 0 Å². The molecule has 3 aromatic rings. The third-order valence-electron chi connectivity index (χ3n) is 6.52. The lowest BCUT2D eigenvalue weighted by atomic mass is 9.82. The maximum atomic E-state index is 13.8. The summed E-state index contributed by atoms with van der Waals surface area (Å²) in [5.74, 6) is -1.31. The predicted molar refractivity (Wildman–Crippen MR) is 152 cm³/mol. The molecule has 1 aliphatic heterocycles. The van der Waals surface area contributed by atoms with Crippen molar-refractivity contribution < 1.29 is 14.4 Å². The highest BCUT2D eigenvalue weighted by Gasteiger charge is 2.51. The lowest BCUT2D eigenvalue weighted by Crippen LogP contribution is -2.51. The van der Waals surface area contributed by atoms with E-state index in [9.17, 15) is 14.4 Å². The van der Waals surface area contributed by atoms with Gasteiger partial charge in [-0.1, -0.05) is 53.0 Å². The Morgan fingerprint density at radius 2 is 1.74 bits per heavy atom. The Hall–Kier alpha value is -3.59. The Morgan fingerprint density at radius 1 is 1.05 bits per heavy atom. The number of Topliss-reactive ketones (excluding diaryl/α,β-unsaturated/α-hetero) is 1. The van der Waals surface area contributed by atoms with Crippen LogP contribution in [0.15, 0.2) is 70.9 Å². The van der Waals surface area contributed by atoms with Crippen molar-refractivity contribution in [2.75, 3.05) is 23.8 Å². The van der Waals surface area contributed by atoms with Crippen LogP contribution in [0.5, 0.6) is 0 Å². The van der Waals surface area contributed by atoms with E-state index in [0.29, 0.717) is 32.0 Å². The van der Waals surface area contributed by atoms with E-state index in [0.717, 1.165) is 5.56 Å².